The lowest BCUT2D eigenvalue weighted by Gasteiger charge is -2.20. The van der Waals surface area contributed by atoms with Crippen LogP contribution >= 0.6 is 0 Å². The molecule has 0 heterocycles. The molecule has 0 aliphatic carbocycles. The zero-order chi connectivity index (χ0) is 12.0. The second-order valence-corrected chi connectivity index (χ2v) is 3.66. The van der Waals surface area contributed by atoms with Crippen molar-refractivity contribution < 1.29 is 14.6 Å². The van der Waals surface area contributed by atoms with Crippen LogP contribution in [0.5, 0.6) is 0 Å². The van der Waals surface area contributed by atoms with E-state index in [1.54, 1.807) is 19.2 Å². The van der Waals surface area contributed by atoms with Crippen molar-refractivity contribution >= 4 is 5.91 Å². The van der Waals surface area contributed by atoms with Gasteiger partial charge >= 0.3 is 0 Å². The Morgan fingerprint density at radius 1 is 1.44 bits per heavy atom. The molecule has 16 heavy (non-hydrogen) atoms. The molecule has 0 aliphatic rings. The highest BCUT2D eigenvalue weighted by atomic mass is 16.5. The predicted octanol–water partition coefficient (Wildman–Crippen LogP) is 0.766. The second kappa shape index (κ2) is 6.25. The van der Waals surface area contributed by atoms with E-state index in [9.17, 15) is 9.90 Å². The minimum Gasteiger partial charge on any atom is -0.389 e. The van der Waals surface area contributed by atoms with Gasteiger partial charge in [-0.2, -0.15) is 0 Å². The molecule has 1 atom stereocenters. The molecule has 1 amide bonds. The Bertz CT molecular complexity index is 326. The van der Waals surface area contributed by atoms with E-state index < -0.39 is 6.10 Å². The second-order valence-electron chi connectivity index (χ2n) is 3.66. The van der Waals surface area contributed by atoms with E-state index in [4.69, 9.17) is 4.74 Å². The van der Waals surface area contributed by atoms with Gasteiger partial charge in [0.15, 0.2) is 0 Å². The number of carbonyl (C=O) groups is 1. The molecule has 1 unspecified atom stereocenters. The Labute approximate surface area is 95.5 Å². The van der Waals surface area contributed by atoms with Crippen molar-refractivity contribution in [3.63, 3.8) is 0 Å². The van der Waals surface area contributed by atoms with Crippen molar-refractivity contribution in [2.45, 2.75) is 6.10 Å². The third-order valence-corrected chi connectivity index (χ3v) is 2.21. The van der Waals surface area contributed by atoms with Crippen LogP contribution < -0.4 is 0 Å². The van der Waals surface area contributed by atoms with Gasteiger partial charge < -0.3 is 14.7 Å². The van der Waals surface area contributed by atoms with Crippen LogP contribution in [-0.2, 0) is 4.74 Å². The van der Waals surface area contributed by atoms with E-state index in [1.807, 2.05) is 18.2 Å². The first-order valence-electron chi connectivity index (χ1n) is 5.12. The Morgan fingerprint density at radius 3 is 2.62 bits per heavy atom. The fourth-order valence-corrected chi connectivity index (χ4v) is 1.45. The summed E-state index contributed by atoms with van der Waals surface area (Å²) >= 11 is 0. The third-order valence-electron chi connectivity index (χ3n) is 2.21. The van der Waals surface area contributed by atoms with Crippen molar-refractivity contribution in [2.24, 2.45) is 0 Å². The Kier molecular flexibility index (Phi) is 4.95. The smallest absolute Gasteiger partial charge is 0.253 e. The highest BCUT2D eigenvalue weighted by Gasteiger charge is 2.14. The van der Waals surface area contributed by atoms with Crippen LogP contribution in [0.1, 0.15) is 10.4 Å². The Morgan fingerprint density at radius 2 is 2.06 bits per heavy atom. The highest BCUT2D eigenvalue weighted by molar-refractivity contribution is 5.93. The molecule has 4 nitrogen and oxygen atoms in total. The Hall–Kier alpha value is -1.39. The normalized spacial score (nSPS) is 12.2. The summed E-state index contributed by atoms with van der Waals surface area (Å²) in [6, 6.07) is 8.99. The van der Waals surface area contributed by atoms with Crippen LogP contribution in [0.25, 0.3) is 0 Å². The molecule has 1 rings (SSSR count). The lowest BCUT2D eigenvalue weighted by Crippen LogP contribution is -2.36. The third kappa shape index (κ3) is 3.64. The number of carbonyl (C=O) groups excluding carboxylic acids is 1. The van der Waals surface area contributed by atoms with Gasteiger partial charge in [0.2, 0.25) is 0 Å². The first-order chi connectivity index (χ1) is 7.65. The van der Waals surface area contributed by atoms with Crippen molar-refractivity contribution in [1.82, 2.24) is 4.90 Å². The summed E-state index contributed by atoms with van der Waals surface area (Å²) in [4.78, 5) is 13.3. The fraction of sp³-hybridized carbons (Fsp3) is 0.417. The van der Waals surface area contributed by atoms with Crippen LogP contribution in [0.15, 0.2) is 30.3 Å². The molecular weight excluding hydrogens is 206 g/mol. The largest absolute Gasteiger partial charge is 0.389 e. The van der Waals surface area contributed by atoms with Gasteiger partial charge in [-0.3, -0.25) is 4.79 Å². The SMILES string of the molecule is COCC(O)CN(C)C(=O)c1ccccc1. The molecule has 88 valence electrons. The maximum absolute atomic E-state index is 11.9. The minimum absolute atomic E-state index is 0.101. The highest BCUT2D eigenvalue weighted by Crippen LogP contribution is 2.03. The summed E-state index contributed by atoms with van der Waals surface area (Å²) < 4.78 is 4.80. The average molecular weight is 223 g/mol. The van der Waals surface area contributed by atoms with E-state index in [0.717, 1.165) is 0 Å². The summed E-state index contributed by atoms with van der Waals surface area (Å²) in [6.45, 7) is 0.494. The van der Waals surface area contributed by atoms with Crippen molar-refractivity contribution in [2.75, 3.05) is 27.3 Å². The lowest BCUT2D eigenvalue weighted by molar-refractivity contribution is 0.0380. The number of nitrogens with zero attached hydrogens (tertiary/aromatic N) is 1. The molecule has 1 aromatic carbocycles. The van der Waals surface area contributed by atoms with Gasteiger partial charge in [0.05, 0.1) is 12.7 Å². The van der Waals surface area contributed by atoms with Crippen LogP contribution in [0.2, 0.25) is 0 Å². The van der Waals surface area contributed by atoms with Crippen molar-refractivity contribution in [1.29, 1.82) is 0 Å². The number of aliphatic hydroxyl groups is 1. The number of rotatable bonds is 5. The average Bonchev–Trinajstić information content (AvgIpc) is 2.29. The van der Waals surface area contributed by atoms with Gasteiger partial charge in [-0.25, -0.2) is 0 Å². The number of methoxy groups -OCH3 is 1. The van der Waals surface area contributed by atoms with Crippen LogP contribution in [0.3, 0.4) is 0 Å². The number of amides is 1. The fourth-order valence-electron chi connectivity index (χ4n) is 1.45. The van der Waals surface area contributed by atoms with Crippen molar-refractivity contribution in [3.05, 3.63) is 35.9 Å². The van der Waals surface area contributed by atoms with Gasteiger partial charge in [-0.05, 0) is 12.1 Å². The lowest BCUT2D eigenvalue weighted by atomic mass is 10.2. The standard InChI is InChI=1S/C12H17NO3/c1-13(8-11(14)9-16-2)12(15)10-6-4-3-5-7-10/h3-7,11,14H,8-9H2,1-2H3. The molecule has 0 spiro atoms. The number of benzene rings is 1. The van der Waals surface area contributed by atoms with Gasteiger partial charge in [-0.15, -0.1) is 0 Å². The molecule has 0 aromatic heterocycles. The van der Waals surface area contributed by atoms with Crippen LogP contribution in [-0.4, -0.2) is 49.3 Å². The molecule has 0 fully saturated rings. The van der Waals surface area contributed by atoms with E-state index in [2.05, 4.69) is 0 Å². The summed E-state index contributed by atoms with van der Waals surface area (Å²) in [7, 11) is 3.18. The molecule has 1 N–H and O–H groups in total. The maximum atomic E-state index is 11.9. The number of likely N-dealkylation sites (N-methyl/N-ethyl adjacent to an activating group) is 1. The number of hydrogen-bond acceptors (Lipinski definition) is 3. The summed E-state index contributed by atoms with van der Waals surface area (Å²) in [6.07, 6.45) is -0.650. The first kappa shape index (κ1) is 12.7. The molecule has 0 saturated heterocycles. The molecule has 0 radical (unpaired) electrons. The zero-order valence-corrected chi connectivity index (χ0v) is 9.59. The molecule has 0 aliphatic heterocycles. The maximum Gasteiger partial charge on any atom is 0.253 e. The first-order valence-corrected chi connectivity index (χ1v) is 5.12. The van der Waals surface area contributed by atoms with E-state index in [1.165, 1.54) is 12.0 Å². The van der Waals surface area contributed by atoms with Crippen molar-refractivity contribution in [3.8, 4) is 0 Å². The molecular formula is C12H17NO3. The molecule has 0 saturated carbocycles. The van der Waals surface area contributed by atoms with E-state index in [0.29, 0.717) is 5.56 Å². The molecule has 0 bridgehead atoms. The van der Waals surface area contributed by atoms with Gasteiger partial charge in [0.1, 0.15) is 0 Å². The molecule has 1 aromatic rings. The zero-order valence-electron chi connectivity index (χ0n) is 9.59. The van der Waals surface area contributed by atoms with E-state index in [-0.39, 0.29) is 19.1 Å². The van der Waals surface area contributed by atoms with Gasteiger partial charge in [0.25, 0.3) is 5.91 Å². The van der Waals surface area contributed by atoms with Gasteiger partial charge in [0, 0.05) is 26.3 Å². The number of aliphatic hydroxyl groups excluding tert-OH is 1. The quantitative estimate of drug-likeness (QED) is 0.802. The topological polar surface area (TPSA) is 49.8 Å². The van der Waals surface area contributed by atoms with Crippen LogP contribution in [0, 0.1) is 0 Å². The number of hydrogen-bond donors (Lipinski definition) is 1. The Balaban J connectivity index is 2.55. The summed E-state index contributed by atoms with van der Waals surface area (Å²) in [5.74, 6) is -0.101. The number of ether oxygens (including phenoxy) is 1. The monoisotopic (exact) mass is 223 g/mol. The van der Waals surface area contributed by atoms with E-state index >= 15 is 0 Å². The summed E-state index contributed by atoms with van der Waals surface area (Å²) in [5, 5.41) is 9.50. The van der Waals surface area contributed by atoms with Crippen LogP contribution in [0.4, 0.5) is 0 Å². The molecule has 4 heteroatoms. The summed E-state index contributed by atoms with van der Waals surface area (Å²) in [5.41, 5.74) is 0.620. The minimum atomic E-state index is -0.650. The predicted molar refractivity (Wildman–Crippen MR) is 61.3 cm³/mol. The van der Waals surface area contributed by atoms with Gasteiger partial charge in [-0.1, -0.05) is 18.2 Å².